The van der Waals surface area contributed by atoms with E-state index in [9.17, 15) is 9.59 Å². The van der Waals surface area contributed by atoms with Crippen LogP contribution in [0, 0.1) is 0 Å². The summed E-state index contributed by atoms with van der Waals surface area (Å²) in [6.07, 6.45) is 0. The quantitative estimate of drug-likeness (QED) is 0.340. The van der Waals surface area contributed by atoms with Gasteiger partial charge in [-0.25, -0.2) is 0 Å². The zero-order chi connectivity index (χ0) is 19.8. The summed E-state index contributed by atoms with van der Waals surface area (Å²) < 4.78 is 0.876. The number of Topliss-reactive ketones (excluding diaryl/α,β-unsaturated/α-hetero) is 1. The van der Waals surface area contributed by atoms with Crippen LogP contribution in [0.5, 0.6) is 0 Å². The Balaban J connectivity index is 1.93. The Labute approximate surface area is 166 Å². The molecule has 27 heavy (non-hydrogen) atoms. The van der Waals surface area contributed by atoms with Crippen molar-refractivity contribution in [3.63, 3.8) is 0 Å². The minimum atomic E-state index is -0.687. The Kier molecular flexibility index (Phi) is 5.07. The van der Waals surface area contributed by atoms with Crippen LogP contribution in [0.2, 0.25) is 0 Å². The first kappa shape index (κ1) is 19.1. The van der Waals surface area contributed by atoms with Gasteiger partial charge in [-0.1, -0.05) is 61.0 Å². The monoisotopic (exact) mass is 424 g/mol. The number of rotatable bonds is 3. The Hall–Kier alpha value is -2.66. The predicted molar refractivity (Wildman–Crippen MR) is 114 cm³/mol. The number of carbonyl (C=O) groups excluding carboxylic acids is 2. The van der Waals surface area contributed by atoms with Crippen LogP contribution in [0.1, 0.15) is 36.7 Å². The number of hydrogen-bond acceptors (Lipinski definition) is 3. The fourth-order valence-corrected chi connectivity index (χ4v) is 3.41. The minimum Gasteiger partial charge on any atom is -0.399 e. The smallest absolute Gasteiger partial charge is 0.296 e. The fourth-order valence-electron chi connectivity index (χ4n) is 2.93. The summed E-state index contributed by atoms with van der Waals surface area (Å²) in [4.78, 5) is 25.4. The average molecular weight is 425 g/mol. The zero-order valence-electron chi connectivity index (χ0n) is 15.5. The van der Waals surface area contributed by atoms with Gasteiger partial charge >= 0.3 is 0 Å². The van der Waals surface area contributed by atoms with Crippen LogP contribution in [0.4, 0.5) is 11.4 Å². The van der Waals surface area contributed by atoms with Crippen LogP contribution >= 0.6 is 15.9 Å². The molecule has 0 unspecified atom stereocenters. The van der Waals surface area contributed by atoms with Gasteiger partial charge in [0.25, 0.3) is 11.7 Å². The molecule has 3 rings (SSSR count). The maximum absolute atomic E-state index is 12.8. The van der Waals surface area contributed by atoms with Gasteiger partial charge in [0.15, 0.2) is 0 Å². The summed E-state index contributed by atoms with van der Waals surface area (Å²) in [6, 6.07) is 16.3. The molecule has 0 saturated heterocycles. The van der Waals surface area contributed by atoms with Crippen molar-refractivity contribution >= 4 is 49.8 Å². The fraction of sp³-hybridized carbons (Fsp3) is 0.182. The topological polar surface area (TPSA) is 72.2 Å². The second kappa shape index (κ2) is 7.16. The van der Waals surface area contributed by atoms with Crippen molar-refractivity contribution in [2.45, 2.75) is 26.2 Å². The molecule has 3 aromatic carbocycles. The zero-order valence-corrected chi connectivity index (χ0v) is 17.1. The SMILES string of the molecule is CC(C)(C)c1cc(N)cc(NC(=O)C(=O)c2ccc(Br)c3ccccc23)c1. The number of amides is 1. The first-order valence-electron chi connectivity index (χ1n) is 8.61. The van der Waals surface area contributed by atoms with E-state index in [0.29, 0.717) is 16.9 Å². The number of nitrogen functional groups attached to an aromatic ring is 1. The van der Waals surface area contributed by atoms with E-state index in [-0.39, 0.29) is 5.41 Å². The van der Waals surface area contributed by atoms with Crippen molar-refractivity contribution in [1.82, 2.24) is 0 Å². The molecule has 0 fully saturated rings. The summed E-state index contributed by atoms with van der Waals surface area (Å²) in [5.41, 5.74) is 8.25. The van der Waals surface area contributed by atoms with Gasteiger partial charge in [0, 0.05) is 21.4 Å². The Morgan fingerprint density at radius 1 is 0.963 bits per heavy atom. The molecule has 0 heterocycles. The number of fused-ring (bicyclic) bond motifs is 1. The number of nitrogens with two attached hydrogens (primary N) is 1. The summed E-state index contributed by atoms with van der Waals surface area (Å²) in [5.74, 6) is -1.27. The van der Waals surface area contributed by atoms with Crippen LogP contribution in [0.25, 0.3) is 10.8 Å². The third kappa shape index (κ3) is 4.03. The van der Waals surface area contributed by atoms with E-state index < -0.39 is 11.7 Å². The van der Waals surface area contributed by atoms with E-state index in [1.165, 1.54) is 0 Å². The van der Waals surface area contributed by atoms with Crippen LogP contribution in [-0.2, 0) is 10.2 Å². The molecule has 0 atom stereocenters. The van der Waals surface area contributed by atoms with E-state index in [1.54, 1.807) is 18.2 Å². The Morgan fingerprint density at radius 3 is 2.30 bits per heavy atom. The largest absolute Gasteiger partial charge is 0.399 e. The molecule has 5 heteroatoms. The number of ketones is 1. The highest BCUT2D eigenvalue weighted by molar-refractivity contribution is 9.10. The van der Waals surface area contributed by atoms with Gasteiger partial charge in [-0.05, 0) is 52.1 Å². The molecule has 0 aliphatic heterocycles. The number of halogens is 1. The number of nitrogens with one attached hydrogen (secondary N) is 1. The summed E-state index contributed by atoms with van der Waals surface area (Å²) in [6.45, 7) is 6.19. The first-order chi connectivity index (χ1) is 12.7. The van der Waals surface area contributed by atoms with Crippen molar-refractivity contribution in [3.8, 4) is 0 Å². The van der Waals surface area contributed by atoms with Gasteiger partial charge < -0.3 is 11.1 Å². The lowest BCUT2D eigenvalue weighted by atomic mass is 9.86. The molecule has 0 aromatic heterocycles. The molecule has 0 saturated carbocycles. The lowest BCUT2D eigenvalue weighted by molar-refractivity contribution is -0.112. The molecule has 3 aromatic rings. The van der Waals surface area contributed by atoms with Crippen LogP contribution in [-0.4, -0.2) is 11.7 Å². The lowest BCUT2D eigenvalue weighted by Gasteiger charge is -2.20. The van der Waals surface area contributed by atoms with Crippen LogP contribution in [0.15, 0.2) is 59.1 Å². The molecule has 0 spiro atoms. The molecule has 0 aliphatic rings. The van der Waals surface area contributed by atoms with Crippen molar-refractivity contribution in [2.75, 3.05) is 11.1 Å². The maximum Gasteiger partial charge on any atom is 0.296 e. The highest BCUT2D eigenvalue weighted by Crippen LogP contribution is 2.29. The summed E-state index contributed by atoms with van der Waals surface area (Å²) in [7, 11) is 0. The van der Waals surface area contributed by atoms with Gasteiger partial charge in [-0.15, -0.1) is 0 Å². The number of hydrogen-bond donors (Lipinski definition) is 2. The minimum absolute atomic E-state index is 0.124. The van der Waals surface area contributed by atoms with Gasteiger partial charge in [0.05, 0.1) is 0 Å². The van der Waals surface area contributed by atoms with E-state index in [2.05, 4.69) is 42.0 Å². The van der Waals surface area contributed by atoms with Crippen molar-refractivity contribution in [3.05, 3.63) is 70.2 Å². The van der Waals surface area contributed by atoms with Gasteiger partial charge in [-0.2, -0.15) is 0 Å². The average Bonchev–Trinajstić information content (AvgIpc) is 2.60. The van der Waals surface area contributed by atoms with E-state index >= 15 is 0 Å². The third-order valence-electron chi connectivity index (χ3n) is 4.40. The lowest BCUT2D eigenvalue weighted by Crippen LogP contribution is -2.23. The predicted octanol–water partition coefficient (Wildman–Crippen LogP) is 5.30. The van der Waals surface area contributed by atoms with Crippen LogP contribution in [0.3, 0.4) is 0 Å². The van der Waals surface area contributed by atoms with Crippen molar-refractivity contribution in [2.24, 2.45) is 0 Å². The van der Waals surface area contributed by atoms with Crippen molar-refractivity contribution < 1.29 is 9.59 Å². The number of anilines is 2. The number of benzene rings is 3. The molecule has 0 bridgehead atoms. The molecule has 4 nitrogen and oxygen atoms in total. The molecule has 0 aliphatic carbocycles. The Morgan fingerprint density at radius 2 is 1.63 bits per heavy atom. The van der Waals surface area contributed by atoms with E-state index in [1.807, 2.05) is 36.4 Å². The molecule has 1 amide bonds. The second-order valence-electron chi connectivity index (χ2n) is 7.52. The van der Waals surface area contributed by atoms with Crippen LogP contribution < -0.4 is 11.1 Å². The summed E-state index contributed by atoms with van der Waals surface area (Å²) >= 11 is 3.48. The normalized spacial score (nSPS) is 11.4. The van der Waals surface area contributed by atoms with Gasteiger partial charge in [-0.3, -0.25) is 9.59 Å². The van der Waals surface area contributed by atoms with E-state index in [4.69, 9.17) is 5.73 Å². The molecule has 3 N–H and O–H groups in total. The highest BCUT2D eigenvalue weighted by atomic mass is 79.9. The molecular formula is C22H21BrN2O2. The van der Waals surface area contributed by atoms with E-state index in [0.717, 1.165) is 20.8 Å². The summed E-state index contributed by atoms with van der Waals surface area (Å²) in [5, 5.41) is 4.31. The number of carbonyl (C=O) groups is 2. The third-order valence-corrected chi connectivity index (χ3v) is 5.09. The highest BCUT2D eigenvalue weighted by Gasteiger charge is 2.21. The van der Waals surface area contributed by atoms with Gasteiger partial charge in [0.2, 0.25) is 0 Å². The molecule has 138 valence electrons. The van der Waals surface area contributed by atoms with Gasteiger partial charge in [0.1, 0.15) is 0 Å². The second-order valence-corrected chi connectivity index (χ2v) is 8.37. The molecule has 0 radical (unpaired) electrons. The maximum atomic E-state index is 12.8. The standard InChI is InChI=1S/C22H21BrN2O2/c1-22(2,3)13-10-14(24)12-15(11-13)25-21(27)20(26)18-8-9-19(23)17-7-5-4-6-16(17)18/h4-12H,24H2,1-3H3,(H,25,27). The van der Waals surface area contributed by atoms with Crippen molar-refractivity contribution in [1.29, 1.82) is 0 Å². The Bertz CT molecular complexity index is 1050. The molecular weight excluding hydrogens is 404 g/mol. The first-order valence-corrected chi connectivity index (χ1v) is 9.40.